The normalized spacial score (nSPS) is 9.85. The molecule has 0 saturated heterocycles. The van der Waals surface area contributed by atoms with Crippen LogP contribution in [0.25, 0.3) is 0 Å². The van der Waals surface area contributed by atoms with Gasteiger partial charge in [0.2, 0.25) is 0 Å². The lowest BCUT2D eigenvalue weighted by Crippen LogP contribution is -1.98. The number of hydrogen-bond donors (Lipinski definition) is 0. The molecule has 0 aliphatic carbocycles. The summed E-state index contributed by atoms with van der Waals surface area (Å²) in [6.45, 7) is 1.43. The van der Waals surface area contributed by atoms with E-state index in [2.05, 4.69) is 0 Å². The van der Waals surface area contributed by atoms with Gasteiger partial charge in [0.05, 0.1) is 17.7 Å². The number of rotatable bonds is 2. The van der Waals surface area contributed by atoms with Crippen molar-refractivity contribution < 1.29 is 9.53 Å². The minimum atomic E-state index is -0.140. The molecule has 4 heteroatoms. The first-order valence-corrected chi connectivity index (χ1v) is 4.36. The molecule has 0 aliphatic heterocycles. The predicted octanol–water partition coefficient (Wildman–Crippen LogP) is 3.20. The van der Waals surface area contributed by atoms with Crippen LogP contribution in [0.4, 0.5) is 0 Å². The minimum Gasteiger partial charge on any atom is -0.496 e. The van der Waals surface area contributed by atoms with Crippen molar-refractivity contribution in [3.63, 3.8) is 0 Å². The molecule has 0 unspecified atom stereocenters. The number of carbonyl (C=O) groups is 1. The molecular formula is C9H8Cl2O2. The molecule has 0 bridgehead atoms. The highest BCUT2D eigenvalue weighted by molar-refractivity contribution is 6.37. The van der Waals surface area contributed by atoms with Crippen molar-refractivity contribution in [1.29, 1.82) is 0 Å². The molecule has 0 heterocycles. The standard InChI is InChI=1S/C9H8Cl2O2/c1-5(12)9-7(11)3-6(10)4-8(9)13-2/h3-4H,1-2H3. The van der Waals surface area contributed by atoms with Crippen molar-refractivity contribution >= 4 is 29.0 Å². The first kappa shape index (κ1) is 10.4. The Balaban J connectivity index is 3.38. The van der Waals surface area contributed by atoms with Crippen LogP contribution >= 0.6 is 23.2 Å². The molecule has 2 nitrogen and oxygen atoms in total. The molecule has 0 N–H and O–H groups in total. The van der Waals surface area contributed by atoms with E-state index in [0.29, 0.717) is 21.4 Å². The van der Waals surface area contributed by atoms with Crippen molar-refractivity contribution in [2.45, 2.75) is 6.92 Å². The Kier molecular flexibility index (Phi) is 3.17. The molecule has 0 spiro atoms. The molecule has 1 aromatic rings. The SMILES string of the molecule is COc1cc(Cl)cc(Cl)c1C(C)=O. The van der Waals surface area contributed by atoms with Gasteiger partial charge < -0.3 is 4.74 Å². The van der Waals surface area contributed by atoms with Gasteiger partial charge in [-0.3, -0.25) is 4.79 Å². The van der Waals surface area contributed by atoms with Crippen LogP contribution in [-0.4, -0.2) is 12.9 Å². The number of ketones is 1. The van der Waals surface area contributed by atoms with E-state index in [1.54, 1.807) is 6.07 Å². The van der Waals surface area contributed by atoms with Crippen molar-refractivity contribution in [1.82, 2.24) is 0 Å². The highest BCUT2D eigenvalue weighted by Gasteiger charge is 2.13. The maximum atomic E-state index is 11.1. The molecule has 1 rings (SSSR count). The Bertz CT molecular complexity index is 348. The largest absolute Gasteiger partial charge is 0.496 e. The zero-order valence-corrected chi connectivity index (χ0v) is 8.74. The number of hydrogen-bond acceptors (Lipinski definition) is 2. The van der Waals surface area contributed by atoms with Gasteiger partial charge >= 0.3 is 0 Å². The van der Waals surface area contributed by atoms with E-state index in [1.165, 1.54) is 20.1 Å². The number of benzene rings is 1. The van der Waals surface area contributed by atoms with Crippen LogP contribution in [0.1, 0.15) is 17.3 Å². The molecule has 0 atom stereocenters. The molecule has 0 aromatic heterocycles. The second kappa shape index (κ2) is 3.99. The first-order valence-electron chi connectivity index (χ1n) is 3.60. The number of carbonyl (C=O) groups excluding carboxylic acids is 1. The second-order valence-corrected chi connectivity index (χ2v) is 3.36. The van der Waals surface area contributed by atoms with Gasteiger partial charge in [-0.15, -0.1) is 0 Å². The molecule has 13 heavy (non-hydrogen) atoms. The van der Waals surface area contributed by atoms with Crippen LogP contribution < -0.4 is 4.74 Å². The van der Waals surface area contributed by atoms with Gasteiger partial charge in [-0.1, -0.05) is 23.2 Å². The second-order valence-electron chi connectivity index (χ2n) is 2.52. The highest BCUT2D eigenvalue weighted by Crippen LogP contribution is 2.30. The van der Waals surface area contributed by atoms with Crippen molar-refractivity contribution in [3.8, 4) is 5.75 Å². The molecule has 70 valence electrons. The average molecular weight is 219 g/mol. The molecule has 0 amide bonds. The summed E-state index contributed by atoms with van der Waals surface area (Å²) in [6.07, 6.45) is 0. The third-order valence-corrected chi connectivity index (χ3v) is 2.11. The minimum absolute atomic E-state index is 0.140. The molecule has 1 aromatic carbocycles. The smallest absolute Gasteiger partial charge is 0.165 e. The fraction of sp³-hybridized carbons (Fsp3) is 0.222. The number of Topliss-reactive ketones (excluding diaryl/α,β-unsaturated/α-hetero) is 1. The maximum absolute atomic E-state index is 11.1. The number of ether oxygens (including phenoxy) is 1. The summed E-state index contributed by atoms with van der Waals surface area (Å²) < 4.78 is 4.98. The van der Waals surface area contributed by atoms with E-state index in [1.807, 2.05) is 0 Å². The van der Waals surface area contributed by atoms with Gasteiger partial charge in [-0.05, 0) is 19.1 Å². The third kappa shape index (κ3) is 2.14. The summed E-state index contributed by atoms with van der Waals surface area (Å²) in [7, 11) is 1.47. The van der Waals surface area contributed by atoms with E-state index in [-0.39, 0.29) is 5.78 Å². The van der Waals surface area contributed by atoms with E-state index in [0.717, 1.165) is 0 Å². The Morgan fingerprint density at radius 2 is 2.00 bits per heavy atom. The van der Waals surface area contributed by atoms with Crippen LogP contribution in [-0.2, 0) is 0 Å². The fourth-order valence-electron chi connectivity index (χ4n) is 1.05. The molecular weight excluding hydrogens is 211 g/mol. The lowest BCUT2D eigenvalue weighted by Gasteiger charge is -2.07. The zero-order valence-electron chi connectivity index (χ0n) is 7.23. The van der Waals surface area contributed by atoms with E-state index in [4.69, 9.17) is 27.9 Å². The van der Waals surface area contributed by atoms with E-state index >= 15 is 0 Å². The van der Waals surface area contributed by atoms with E-state index < -0.39 is 0 Å². The van der Waals surface area contributed by atoms with Gasteiger partial charge in [0.25, 0.3) is 0 Å². The monoisotopic (exact) mass is 218 g/mol. The topological polar surface area (TPSA) is 26.3 Å². The first-order chi connectivity index (χ1) is 6.06. The van der Waals surface area contributed by atoms with Crippen molar-refractivity contribution in [2.24, 2.45) is 0 Å². The highest BCUT2D eigenvalue weighted by atomic mass is 35.5. The Labute approximate surface area is 86.4 Å². The summed E-state index contributed by atoms with van der Waals surface area (Å²) in [5.74, 6) is 0.267. The predicted molar refractivity (Wildman–Crippen MR) is 53.0 cm³/mol. The fourth-order valence-corrected chi connectivity index (χ4v) is 1.66. The van der Waals surface area contributed by atoms with Gasteiger partial charge in [-0.25, -0.2) is 0 Å². The van der Waals surface area contributed by atoms with Crippen LogP contribution in [0.5, 0.6) is 5.75 Å². The summed E-state index contributed by atoms with van der Waals surface area (Å²) in [6, 6.07) is 3.08. The van der Waals surface area contributed by atoms with Crippen molar-refractivity contribution in [2.75, 3.05) is 7.11 Å². The Morgan fingerprint density at radius 3 is 2.46 bits per heavy atom. The Morgan fingerprint density at radius 1 is 1.38 bits per heavy atom. The number of halogens is 2. The van der Waals surface area contributed by atoms with Crippen LogP contribution in [0.3, 0.4) is 0 Å². The summed E-state index contributed by atoms with van der Waals surface area (Å²) in [5, 5.41) is 0.767. The van der Waals surface area contributed by atoms with Gasteiger partial charge in [0.15, 0.2) is 5.78 Å². The summed E-state index contributed by atoms with van der Waals surface area (Å²) >= 11 is 11.6. The molecule has 0 radical (unpaired) electrons. The Hall–Kier alpha value is -0.730. The zero-order chi connectivity index (χ0) is 10.0. The lowest BCUT2D eigenvalue weighted by atomic mass is 10.1. The maximum Gasteiger partial charge on any atom is 0.165 e. The summed E-state index contributed by atoms with van der Waals surface area (Å²) in [5.41, 5.74) is 0.369. The van der Waals surface area contributed by atoms with Gasteiger partial charge in [-0.2, -0.15) is 0 Å². The van der Waals surface area contributed by atoms with Crippen molar-refractivity contribution in [3.05, 3.63) is 27.7 Å². The quantitative estimate of drug-likeness (QED) is 0.714. The molecule has 0 fully saturated rings. The molecule has 0 saturated carbocycles. The van der Waals surface area contributed by atoms with Crippen LogP contribution in [0.2, 0.25) is 10.0 Å². The number of methoxy groups -OCH3 is 1. The van der Waals surface area contributed by atoms with Crippen LogP contribution in [0.15, 0.2) is 12.1 Å². The van der Waals surface area contributed by atoms with E-state index in [9.17, 15) is 4.79 Å². The van der Waals surface area contributed by atoms with Gasteiger partial charge in [0, 0.05) is 5.02 Å². The third-order valence-electron chi connectivity index (χ3n) is 1.59. The summed E-state index contributed by atoms with van der Waals surface area (Å²) in [4.78, 5) is 11.1. The lowest BCUT2D eigenvalue weighted by molar-refractivity contribution is 0.101. The molecule has 0 aliphatic rings. The van der Waals surface area contributed by atoms with Crippen LogP contribution in [0, 0.1) is 0 Å². The average Bonchev–Trinajstić information content (AvgIpc) is 2.01. The van der Waals surface area contributed by atoms with Gasteiger partial charge in [0.1, 0.15) is 5.75 Å².